The van der Waals surface area contributed by atoms with E-state index < -0.39 is 35.0 Å². The second-order valence-electron chi connectivity index (χ2n) is 19.0. The fourth-order valence-electron chi connectivity index (χ4n) is 10.1. The number of aliphatic imine (C=N–C) groups is 1. The largest absolute Gasteiger partial charge is 0.493 e. The highest BCUT2D eigenvalue weighted by atomic mass is 16.5. The Morgan fingerprint density at radius 2 is 1.72 bits per heavy atom. The third-order valence-corrected chi connectivity index (χ3v) is 14.1. The number of rotatable bonds is 13. The van der Waals surface area contributed by atoms with Gasteiger partial charge in [0, 0.05) is 67.0 Å². The summed E-state index contributed by atoms with van der Waals surface area (Å²) in [4.78, 5) is 63.5. The van der Waals surface area contributed by atoms with Crippen molar-refractivity contribution in [3.05, 3.63) is 124 Å². The molecule has 9 rings (SSSR count). The number of anilines is 2. The first kappa shape index (κ1) is 45.4. The van der Waals surface area contributed by atoms with E-state index in [1.165, 1.54) is 7.11 Å². The second kappa shape index (κ2) is 17.8. The monoisotopic (exact) mass is 909 g/mol. The summed E-state index contributed by atoms with van der Waals surface area (Å²) >= 11 is 0. The summed E-state index contributed by atoms with van der Waals surface area (Å²) < 4.78 is 25.0. The van der Waals surface area contributed by atoms with Gasteiger partial charge in [0.15, 0.2) is 11.5 Å². The van der Waals surface area contributed by atoms with Gasteiger partial charge in [0.2, 0.25) is 11.8 Å². The van der Waals surface area contributed by atoms with Gasteiger partial charge in [-0.3, -0.25) is 24.2 Å². The van der Waals surface area contributed by atoms with Crippen molar-refractivity contribution in [2.45, 2.75) is 102 Å². The third kappa shape index (κ3) is 8.39. The minimum atomic E-state index is -0.970. The Morgan fingerprint density at radius 3 is 2.46 bits per heavy atom. The van der Waals surface area contributed by atoms with Crippen LogP contribution in [0.1, 0.15) is 74.5 Å². The molecule has 0 spiro atoms. The first-order chi connectivity index (χ1) is 32.1. The summed E-state index contributed by atoms with van der Waals surface area (Å²) in [5.74, 6) is 0.295. The number of nitrogens with one attached hydrogen (secondary N) is 3. The summed E-state index contributed by atoms with van der Waals surface area (Å²) in [6, 6.07) is 15.1. The van der Waals surface area contributed by atoms with E-state index in [-0.39, 0.29) is 55.4 Å². The van der Waals surface area contributed by atoms with Crippen LogP contribution < -0.4 is 36.1 Å². The zero-order chi connectivity index (χ0) is 47.4. The zero-order valence-electron chi connectivity index (χ0n) is 39.1. The molecule has 3 aromatic carbocycles. The van der Waals surface area contributed by atoms with Gasteiger partial charge >= 0.3 is 0 Å². The number of fused-ring (bicyclic) bond motifs is 7. The number of nitrogens with zero attached hydrogens (tertiary/aromatic N) is 3. The maximum Gasteiger partial charge on any atom is 0.257 e. The maximum atomic E-state index is 14.3. The van der Waals surface area contributed by atoms with Gasteiger partial charge < -0.3 is 50.4 Å². The Bertz CT molecular complexity index is 2690. The van der Waals surface area contributed by atoms with Gasteiger partial charge in [-0.1, -0.05) is 56.4 Å². The first-order valence-electron chi connectivity index (χ1n) is 23.0. The van der Waals surface area contributed by atoms with Crippen LogP contribution in [0.15, 0.2) is 107 Å². The van der Waals surface area contributed by atoms with Crippen molar-refractivity contribution in [3.63, 3.8) is 0 Å². The van der Waals surface area contributed by atoms with Gasteiger partial charge in [0.05, 0.1) is 42.0 Å². The van der Waals surface area contributed by atoms with E-state index in [0.29, 0.717) is 63.1 Å². The molecule has 0 saturated carbocycles. The molecule has 350 valence electrons. The van der Waals surface area contributed by atoms with E-state index in [4.69, 9.17) is 29.7 Å². The van der Waals surface area contributed by atoms with Crippen LogP contribution in [0, 0.1) is 11.8 Å². The van der Waals surface area contributed by atoms with Crippen LogP contribution in [0.3, 0.4) is 0 Å². The Morgan fingerprint density at radius 1 is 0.955 bits per heavy atom. The minimum absolute atomic E-state index is 0.0224. The molecular weight excluding hydrogens is 851 g/mol. The second-order valence-corrected chi connectivity index (χ2v) is 19.0. The molecule has 6 aliphatic rings. The summed E-state index contributed by atoms with van der Waals surface area (Å²) in [5, 5.41) is 9.21. The number of nitrogens with two attached hydrogens (primary N) is 1. The van der Waals surface area contributed by atoms with Crippen molar-refractivity contribution in [2.24, 2.45) is 22.6 Å². The molecule has 3 aromatic rings. The van der Waals surface area contributed by atoms with Crippen molar-refractivity contribution in [3.8, 4) is 11.5 Å². The lowest BCUT2D eigenvalue weighted by Gasteiger charge is -2.38. The maximum absolute atomic E-state index is 14.3. The van der Waals surface area contributed by atoms with Crippen LogP contribution in [0.25, 0.3) is 0 Å². The molecule has 15 heteroatoms. The minimum Gasteiger partial charge on any atom is -0.493 e. The van der Waals surface area contributed by atoms with Gasteiger partial charge in [-0.25, -0.2) is 0 Å². The standard InChI is InChI=1S/C52H59N7O8/c1-29(2)46(53)48(61)56-30(3)47(60)57-35-17-31(27-66-44-22-40-38(21-43(44)64-6)50(63)59-37(26-55-40)20-34-13-10-11-15-51(34,59)4)16-32(18-35)28-67-45-23-41-39(24-52(45,5)65-7)49(62)58-36(25-54-41)19-33-12-8-9-14-42(33)58/h8-18,21-23,26,29-30,34,36-37,46,54H,19-20,24-25,27-28,53H2,1-7H3,(H,56,61)(H,57,60)/t30-,34?,36-,37-,46-,51?,52?/m0/s1. The molecule has 2 aliphatic carbocycles. The average molecular weight is 910 g/mol. The van der Waals surface area contributed by atoms with Gasteiger partial charge in [-0.2, -0.15) is 0 Å². The van der Waals surface area contributed by atoms with E-state index in [0.717, 1.165) is 24.1 Å². The molecule has 0 aromatic heterocycles. The molecule has 0 bridgehead atoms. The molecule has 67 heavy (non-hydrogen) atoms. The van der Waals surface area contributed by atoms with Crippen LogP contribution in [-0.2, 0) is 43.5 Å². The predicted molar refractivity (Wildman–Crippen MR) is 255 cm³/mol. The third-order valence-electron chi connectivity index (χ3n) is 14.1. The van der Waals surface area contributed by atoms with Gasteiger partial charge in [-0.05, 0) is 86.6 Å². The highest BCUT2D eigenvalue weighted by Gasteiger charge is 2.51. The summed E-state index contributed by atoms with van der Waals surface area (Å²) in [6.07, 6.45) is 13.8. The van der Waals surface area contributed by atoms with Crippen LogP contribution >= 0.6 is 0 Å². The van der Waals surface area contributed by atoms with Crippen LogP contribution in [-0.4, -0.2) is 90.8 Å². The number of hydrogen-bond donors (Lipinski definition) is 4. The zero-order valence-corrected chi connectivity index (χ0v) is 39.1. The highest BCUT2D eigenvalue weighted by molar-refractivity contribution is 6.09. The fourth-order valence-corrected chi connectivity index (χ4v) is 10.1. The first-order valence-corrected chi connectivity index (χ1v) is 23.0. The Kier molecular flexibility index (Phi) is 12.1. The van der Waals surface area contributed by atoms with E-state index in [1.807, 2.05) is 79.3 Å². The van der Waals surface area contributed by atoms with Crippen molar-refractivity contribution in [1.29, 1.82) is 0 Å². The number of allylic oxidation sites excluding steroid dienone is 3. The normalized spacial score (nSPS) is 25.3. The summed E-state index contributed by atoms with van der Waals surface area (Å²) in [6.45, 7) is 9.95. The number of hydrogen-bond acceptors (Lipinski definition) is 11. The van der Waals surface area contributed by atoms with Gasteiger partial charge in [-0.15, -0.1) is 0 Å². The molecule has 15 nitrogen and oxygen atoms in total. The lowest BCUT2D eigenvalue weighted by atomic mass is 9.82. The number of benzene rings is 3. The number of para-hydroxylation sites is 1. The molecule has 4 heterocycles. The summed E-state index contributed by atoms with van der Waals surface area (Å²) in [7, 11) is 3.13. The van der Waals surface area contributed by atoms with Crippen LogP contribution in [0.4, 0.5) is 17.1 Å². The molecule has 0 radical (unpaired) electrons. The predicted octanol–water partition coefficient (Wildman–Crippen LogP) is 6.16. The Labute approximate surface area is 391 Å². The van der Waals surface area contributed by atoms with Crippen LogP contribution in [0.2, 0.25) is 0 Å². The molecule has 1 fully saturated rings. The lowest BCUT2D eigenvalue weighted by Crippen LogP contribution is -2.50. The van der Waals surface area contributed by atoms with Crippen molar-refractivity contribution in [2.75, 3.05) is 31.0 Å². The molecule has 1 saturated heterocycles. The quantitative estimate of drug-likeness (QED) is 0.155. The lowest BCUT2D eigenvalue weighted by molar-refractivity contribution is -0.127. The van der Waals surface area contributed by atoms with Crippen molar-refractivity contribution >= 4 is 46.9 Å². The van der Waals surface area contributed by atoms with Crippen LogP contribution in [0.5, 0.6) is 11.5 Å². The number of ether oxygens (including phenoxy) is 4. The molecule has 4 amide bonds. The average Bonchev–Trinajstić information content (AvgIpc) is 3.75. The Balaban J connectivity index is 0.982. The van der Waals surface area contributed by atoms with Gasteiger partial charge in [0.25, 0.3) is 11.8 Å². The molecule has 5 N–H and O–H groups in total. The highest BCUT2D eigenvalue weighted by Crippen LogP contribution is 2.47. The van der Waals surface area contributed by atoms with Crippen molar-refractivity contribution < 1.29 is 38.1 Å². The van der Waals surface area contributed by atoms with E-state index in [1.54, 1.807) is 38.3 Å². The Hall–Kier alpha value is -6.71. The fraction of sp³-hybridized carbons (Fsp3) is 0.404. The smallest absolute Gasteiger partial charge is 0.257 e. The molecular formula is C52H59N7O8. The topological polar surface area (TPSA) is 186 Å². The number of methoxy groups -OCH3 is 2. The van der Waals surface area contributed by atoms with Crippen molar-refractivity contribution in [1.82, 2.24) is 15.5 Å². The molecule has 7 atom stereocenters. The molecule has 4 aliphatic heterocycles. The molecule has 3 unspecified atom stereocenters. The number of carbonyl (C=O) groups is 4. The summed E-state index contributed by atoms with van der Waals surface area (Å²) in [5.41, 5.74) is 10.7. The number of carbonyl (C=O) groups excluding carboxylic acids is 4. The number of amides is 4. The van der Waals surface area contributed by atoms with E-state index in [2.05, 4.69) is 41.1 Å². The van der Waals surface area contributed by atoms with E-state index in [9.17, 15) is 19.2 Å². The van der Waals surface area contributed by atoms with Gasteiger partial charge in [0.1, 0.15) is 30.6 Å². The SMILES string of the molecule is COc1cc2c(cc1OCc1cc(COC3=CC4=C(CC3(C)OC)C(=O)N3c5ccccc5C[C@H]3CN4)cc(NC(=O)[C@H](C)NC(=O)[C@@H](N)C(C)C)c1)N=C[C@@H]1CC3C=CC=CC3(C)N1C2=O. The van der Waals surface area contributed by atoms with E-state index >= 15 is 0 Å².